The highest BCUT2D eigenvalue weighted by Gasteiger charge is 2.18. The number of aromatic nitrogens is 1. The van der Waals surface area contributed by atoms with Crippen molar-refractivity contribution in [3.05, 3.63) is 22.8 Å². The molecule has 2 heterocycles. The molecule has 0 radical (unpaired) electrons. The van der Waals surface area contributed by atoms with Gasteiger partial charge in [0.1, 0.15) is 0 Å². The van der Waals surface area contributed by atoms with Crippen molar-refractivity contribution in [1.29, 1.82) is 0 Å². The maximum absolute atomic E-state index is 5.84. The Balaban J connectivity index is 2.47. The number of rotatable bonds is 0. The minimum atomic E-state index is 0.0138. The van der Waals surface area contributed by atoms with Gasteiger partial charge < -0.3 is 10.5 Å². The van der Waals surface area contributed by atoms with Crippen LogP contribution >= 0.6 is 11.6 Å². The molecule has 0 bridgehead atoms. The van der Waals surface area contributed by atoms with E-state index in [1.807, 2.05) is 6.07 Å². The first-order valence-electron chi connectivity index (χ1n) is 3.81. The van der Waals surface area contributed by atoms with E-state index in [-0.39, 0.29) is 6.04 Å². The van der Waals surface area contributed by atoms with Gasteiger partial charge in [-0.25, -0.2) is 4.98 Å². The van der Waals surface area contributed by atoms with Gasteiger partial charge in [0, 0.05) is 24.2 Å². The summed E-state index contributed by atoms with van der Waals surface area (Å²) in [6.07, 6.45) is 2.40. The molecule has 2 N–H and O–H groups in total. The van der Waals surface area contributed by atoms with Crippen LogP contribution in [0.1, 0.15) is 18.0 Å². The number of hydrogen-bond donors (Lipinski definition) is 1. The molecule has 4 heteroatoms. The van der Waals surface area contributed by atoms with Crippen LogP contribution in [0.15, 0.2) is 12.3 Å². The Kier molecular flexibility index (Phi) is 1.90. The quantitative estimate of drug-likeness (QED) is 0.665. The van der Waals surface area contributed by atoms with Crippen molar-refractivity contribution in [2.45, 2.75) is 12.5 Å². The molecule has 0 spiro atoms. The zero-order valence-corrected chi connectivity index (χ0v) is 7.21. The molecule has 0 fully saturated rings. The number of hydrogen-bond acceptors (Lipinski definition) is 3. The molecule has 1 aliphatic heterocycles. The van der Waals surface area contributed by atoms with Gasteiger partial charge in [-0.1, -0.05) is 11.6 Å². The van der Waals surface area contributed by atoms with E-state index in [1.165, 1.54) is 0 Å². The van der Waals surface area contributed by atoms with Crippen molar-refractivity contribution in [1.82, 2.24) is 4.98 Å². The van der Waals surface area contributed by atoms with E-state index in [1.54, 1.807) is 6.20 Å². The Morgan fingerprint density at radius 1 is 1.67 bits per heavy atom. The second-order valence-electron chi connectivity index (χ2n) is 2.79. The Labute approximate surface area is 75.5 Å². The normalized spacial score (nSPS) is 21.3. The van der Waals surface area contributed by atoms with Gasteiger partial charge >= 0.3 is 0 Å². The minimum Gasteiger partial charge on any atom is -0.477 e. The lowest BCUT2D eigenvalue weighted by atomic mass is 10.1. The Morgan fingerprint density at radius 2 is 2.50 bits per heavy atom. The van der Waals surface area contributed by atoms with Gasteiger partial charge in [0.2, 0.25) is 5.88 Å². The van der Waals surface area contributed by atoms with Gasteiger partial charge in [0.05, 0.1) is 11.6 Å². The van der Waals surface area contributed by atoms with Crippen molar-refractivity contribution in [3.63, 3.8) is 0 Å². The molecular formula is C8H9ClN2O. The van der Waals surface area contributed by atoms with Crippen LogP contribution in [0.5, 0.6) is 5.88 Å². The summed E-state index contributed by atoms with van der Waals surface area (Å²) in [6.45, 7) is 0.642. The van der Waals surface area contributed by atoms with Crippen LogP contribution in [0.4, 0.5) is 0 Å². The SMILES string of the molecule is NC1CCOc2ncc(Cl)cc21. The summed E-state index contributed by atoms with van der Waals surface area (Å²) >= 11 is 5.77. The lowest BCUT2D eigenvalue weighted by Gasteiger charge is -2.21. The minimum absolute atomic E-state index is 0.0138. The maximum atomic E-state index is 5.84. The first kappa shape index (κ1) is 7.83. The van der Waals surface area contributed by atoms with Crippen molar-refractivity contribution in [3.8, 4) is 5.88 Å². The number of halogens is 1. The average Bonchev–Trinajstić information content (AvgIpc) is 2.07. The molecule has 1 aliphatic rings. The molecule has 0 aliphatic carbocycles. The van der Waals surface area contributed by atoms with E-state index in [4.69, 9.17) is 22.1 Å². The van der Waals surface area contributed by atoms with Crippen molar-refractivity contribution in [2.75, 3.05) is 6.61 Å². The standard InChI is InChI=1S/C8H9ClN2O/c9-5-3-6-7(10)1-2-12-8(6)11-4-5/h3-4,7H,1-2,10H2. The molecular weight excluding hydrogens is 176 g/mol. The topological polar surface area (TPSA) is 48.1 Å². The molecule has 1 aromatic rings. The Hall–Kier alpha value is -0.800. The largest absolute Gasteiger partial charge is 0.477 e. The third-order valence-corrected chi connectivity index (χ3v) is 2.12. The van der Waals surface area contributed by atoms with Crippen LogP contribution in [0.25, 0.3) is 0 Å². The fraction of sp³-hybridized carbons (Fsp3) is 0.375. The van der Waals surface area contributed by atoms with Crippen molar-refractivity contribution < 1.29 is 4.74 Å². The summed E-state index contributed by atoms with van der Waals surface area (Å²) in [6, 6.07) is 1.83. The summed E-state index contributed by atoms with van der Waals surface area (Å²) < 4.78 is 5.30. The molecule has 0 aromatic carbocycles. The zero-order valence-electron chi connectivity index (χ0n) is 6.46. The Morgan fingerprint density at radius 3 is 3.33 bits per heavy atom. The first-order chi connectivity index (χ1) is 5.77. The monoisotopic (exact) mass is 184 g/mol. The van der Waals surface area contributed by atoms with Gasteiger partial charge in [-0.05, 0) is 6.07 Å². The van der Waals surface area contributed by atoms with Gasteiger partial charge in [-0.3, -0.25) is 0 Å². The van der Waals surface area contributed by atoms with Gasteiger partial charge in [0.15, 0.2) is 0 Å². The van der Waals surface area contributed by atoms with Gasteiger partial charge in [0.25, 0.3) is 0 Å². The summed E-state index contributed by atoms with van der Waals surface area (Å²) in [5.74, 6) is 0.623. The van der Waals surface area contributed by atoms with Crippen LogP contribution < -0.4 is 10.5 Å². The molecule has 2 rings (SSSR count). The fourth-order valence-corrected chi connectivity index (χ4v) is 1.43. The molecule has 0 saturated carbocycles. The third kappa shape index (κ3) is 1.26. The molecule has 3 nitrogen and oxygen atoms in total. The molecule has 64 valence electrons. The molecule has 12 heavy (non-hydrogen) atoms. The second-order valence-corrected chi connectivity index (χ2v) is 3.23. The van der Waals surface area contributed by atoms with Gasteiger partial charge in [-0.15, -0.1) is 0 Å². The van der Waals surface area contributed by atoms with Gasteiger partial charge in [-0.2, -0.15) is 0 Å². The molecule has 0 saturated heterocycles. The number of pyridine rings is 1. The predicted octanol–water partition coefficient (Wildman–Crippen LogP) is 1.52. The summed E-state index contributed by atoms with van der Waals surface area (Å²) in [7, 11) is 0. The highest BCUT2D eigenvalue weighted by atomic mass is 35.5. The van der Waals surface area contributed by atoms with Crippen LogP contribution in [0, 0.1) is 0 Å². The molecule has 1 unspecified atom stereocenters. The van der Waals surface area contributed by atoms with Crippen molar-refractivity contribution in [2.24, 2.45) is 5.73 Å². The number of ether oxygens (including phenoxy) is 1. The van der Waals surface area contributed by atoms with E-state index in [0.717, 1.165) is 12.0 Å². The second kappa shape index (κ2) is 2.92. The van der Waals surface area contributed by atoms with E-state index < -0.39 is 0 Å². The summed E-state index contributed by atoms with van der Waals surface area (Å²) in [5, 5.41) is 0.606. The highest BCUT2D eigenvalue weighted by molar-refractivity contribution is 6.30. The number of nitrogens with two attached hydrogens (primary N) is 1. The first-order valence-corrected chi connectivity index (χ1v) is 4.19. The van der Waals surface area contributed by atoms with Crippen LogP contribution in [-0.4, -0.2) is 11.6 Å². The Bertz CT molecular complexity index is 303. The smallest absolute Gasteiger partial charge is 0.218 e. The van der Waals surface area contributed by atoms with E-state index in [2.05, 4.69) is 4.98 Å². The number of nitrogens with zero attached hydrogens (tertiary/aromatic N) is 1. The van der Waals surface area contributed by atoms with Crippen molar-refractivity contribution >= 4 is 11.6 Å². The number of fused-ring (bicyclic) bond motifs is 1. The van der Waals surface area contributed by atoms with Crippen LogP contribution in [0.3, 0.4) is 0 Å². The maximum Gasteiger partial charge on any atom is 0.218 e. The van der Waals surface area contributed by atoms with E-state index >= 15 is 0 Å². The predicted molar refractivity (Wildman–Crippen MR) is 46.3 cm³/mol. The average molecular weight is 185 g/mol. The molecule has 1 aromatic heterocycles. The molecule has 1 atom stereocenters. The summed E-state index contributed by atoms with van der Waals surface area (Å²) in [5.41, 5.74) is 6.75. The molecule has 0 amide bonds. The summed E-state index contributed by atoms with van der Waals surface area (Å²) in [4.78, 5) is 4.04. The zero-order chi connectivity index (χ0) is 8.55. The lowest BCUT2D eigenvalue weighted by molar-refractivity contribution is 0.258. The fourth-order valence-electron chi connectivity index (χ4n) is 1.27. The van der Waals surface area contributed by atoms with E-state index in [0.29, 0.717) is 17.5 Å². The third-order valence-electron chi connectivity index (χ3n) is 1.91. The lowest BCUT2D eigenvalue weighted by Crippen LogP contribution is -2.21. The van der Waals surface area contributed by atoms with E-state index in [9.17, 15) is 0 Å². The van der Waals surface area contributed by atoms with Crippen LogP contribution in [0.2, 0.25) is 5.02 Å². The van der Waals surface area contributed by atoms with Crippen LogP contribution in [-0.2, 0) is 0 Å². The highest BCUT2D eigenvalue weighted by Crippen LogP contribution is 2.29.